The highest BCUT2D eigenvalue weighted by Crippen LogP contribution is 2.27. The molecule has 0 saturated carbocycles. The summed E-state index contributed by atoms with van der Waals surface area (Å²) >= 11 is 0. The van der Waals surface area contributed by atoms with Crippen LogP contribution in [0.3, 0.4) is 0 Å². The molecule has 0 aliphatic carbocycles. The Bertz CT molecular complexity index is 349. The Hall–Kier alpha value is -0.440. The van der Waals surface area contributed by atoms with Crippen molar-refractivity contribution in [3.8, 4) is 0 Å². The maximum absolute atomic E-state index is 9.96. The zero-order chi connectivity index (χ0) is 17.3. The summed E-state index contributed by atoms with van der Waals surface area (Å²) in [7, 11) is 0. The van der Waals surface area contributed by atoms with Gasteiger partial charge < -0.3 is 55.7 Å². The van der Waals surface area contributed by atoms with Crippen molar-refractivity contribution in [3.05, 3.63) is 0 Å². The van der Waals surface area contributed by atoms with Gasteiger partial charge in [0, 0.05) is 0 Å². The van der Waals surface area contributed by atoms with Crippen LogP contribution < -0.4 is 5.73 Å². The largest absolute Gasteiger partial charge is 0.394 e. The van der Waals surface area contributed by atoms with Crippen LogP contribution in [0.5, 0.6) is 0 Å². The molecule has 0 radical (unpaired) electrons. The zero-order valence-corrected chi connectivity index (χ0v) is 12.1. The normalized spacial score (nSPS) is 51.7. The molecule has 10 atom stereocenters. The Morgan fingerprint density at radius 3 is 1.70 bits per heavy atom. The summed E-state index contributed by atoms with van der Waals surface area (Å²) in [6, 6.07) is -1.18. The Balaban J connectivity index is 2.07. The first kappa shape index (κ1) is 18.9. The van der Waals surface area contributed by atoms with Gasteiger partial charge in [-0.2, -0.15) is 0 Å². The molecule has 2 fully saturated rings. The molecule has 136 valence electrons. The van der Waals surface area contributed by atoms with Gasteiger partial charge in [-0.05, 0) is 0 Å². The van der Waals surface area contributed by atoms with Gasteiger partial charge >= 0.3 is 0 Å². The molecule has 11 heteroatoms. The minimum absolute atomic E-state index is 0.587. The fourth-order valence-corrected chi connectivity index (χ4v) is 2.54. The van der Waals surface area contributed by atoms with Crippen LogP contribution in [0, 0.1) is 0 Å². The molecule has 2 aliphatic heterocycles. The number of aliphatic hydroxyl groups is 7. The lowest BCUT2D eigenvalue weighted by molar-refractivity contribution is -0.368. The van der Waals surface area contributed by atoms with E-state index in [1.807, 2.05) is 0 Å². The summed E-state index contributed by atoms with van der Waals surface area (Å²) in [6.07, 6.45) is -13.0. The van der Waals surface area contributed by atoms with Crippen molar-refractivity contribution in [1.29, 1.82) is 0 Å². The molecule has 2 rings (SSSR count). The molecule has 9 N–H and O–H groups in total. The lowest BCUT2D eigenvalue weighted by Crippen LogP contribution is -2.65. The Kier molecular flexibility index (Phi) is 6.27. The van der Waals surface area contributed by atoms with E-state index < -0.39 is 74.6 Å². The third-order valence-corrected chi connectivity index (χ3v) is 4.05. The number of hydrogen-bond acceptors (Lipinski definition) is 11. The van der Waals surface area contributed by atoms with Gasteiger partial charge in [-0.15, -0.1) is 0 Å². The number of aliphatic hydroxyl groups excluding tert-OH is 7. The summed E-state index contributed by atoms with van der Waals surface area (Å²) in [5.74, 6) is 0. The minimum Gasteiger partial charge on any atom is -0.394 e. The molecule has 0 spiro atoms. The van der Waals surface area contributed by atoms with Crippen LogP contribution >= 0.6 is 0 Å². The molecule has 0 unspecified atom stereocenters. The van der Waals surface area contributed by atoms with Crippen molar-refractivity contribution in [3.63, 3.8) is 0 Å². The molecular formula is C12H23NO10. The first-order valence-corrected chi connectivity index (χ1v) is 7.15. The van der Waals surface area contributed by atoms with Crippen molar-refractivity contribution in [1.82, 2.24) is 0 Å². The summed E-state index contributed by atoms with van der Waals surface area (Å²) in [5, 5.41) is 67.1. The highest BCUT2D eigenvalue weighted by molar-refractivity contribution is 4.93. The van der Waals surface area contributed by atoms with Crippen molar-refractivity contribution in [2.24, 2.45) is 5.73 Å². The molecule has 0 aromatic rings. The second kappa shape index (κ2) is 7.63. The number of nitrogens with two attached hydrogens (primary N) is 1. The molecule has 2 heterocycles. The van der Waals surface area contributed by atoms with Crippen molar-refractivity contribution in [2.75, 3.05) is 13.2 Å². The molecular weight excluding hydrogens is 318 g/mol. The van der Waals surface area contributed by atoms with Crippen LogP contribution in [-0.2, 0) is 14.2 Å². The fraction of sp³-hybridized carbons (Fsp3) is 1.00. The van der Waals surface area contributed by atoms with Gasteiger partial charge in [-0.3, -0.25) is 0 Å². The van der Waals surface area contributed by atoms with E-state index in [-0.39, 0.29) is 0 Å². The summed E-state index contributed by atoms with van der Waals surface area (Å²) < 4.78 is 15.5. The number of hydrogen-bond donors (Lipinski definition) is 8. The topological polar surface area (TPSA) is 195 Å². The van der Waals surface area contributed by atoms with Crippen LogP contribution in [0.25, 0.3) is 0 Å². The third-order valence-electron chi connectivity index (χ3n) is 4.05. The van der Waals surface area contributed by atoms with Gasteiger partial charge in [-0.1, -0.05) is 0 Å². The quantitative estimate of drug-likeness (QED) is 0.243. The highest BCUT2D eigenvalue weighted by atomic mass is 16.8. The van der Waals surface area contributed by atoms with Gasteiger partial charge in [0.15, 0.2) is 12.6 Å². The Labute approximate surface area is 131 Å². The summed E-state index contributed by atoms with van der Waals surface area (Å²) in [4.78, 5) is 0. The predicted molar refractivity (Wildman–Crippen MR) is 70.6 cm³/mol. The van der Waals surface area contributed by atoms with E-state index in [1.165, 1.54) is 0 Å². The van der Waals surface area contributed by atoms with E-state index in [1.54, 1.807) is 0 Å². The molecule has 0 aromatic heterocycles. The minimum atomic E-state index is -1.68. The van der Waals surface area contributed by atoms with Crippen molar-refractivity contribution >= 4 is 0 Å². The lowest BCUT2D eigenvalue weighted by Gasteiger charge is -2.44. The average molecular weight is 341 g/mol. The van der Waals surface area contributed by atoms with Gasteiger partial charge in [0.2, 0.25) is 0 Å². The molecule has 2 saturated heterocycles. The fourth-order valence-electron chi connectivity index (χ4n) is 2.54. The third kappa shape index (κ3) is 3.65. The summed E-state index contributed by atoms with van der Waals surface area (Å²) in [5.41, 5.74) is 5.62. The molecule has 23 heavy (non-hydrogen) atoms. The van der Waals surface area contributed by atoms with Gasteiger partial charge in [0.05, 0.1) is 19.3 Å². The van der Waals surface area contributed by atoms with Crippen molar-refractivity contribution < 1.29 is 50.0 Å². The highest BCUT2D eigenvalue weighted by Gasteiger charge is 2.49. The van der Waals surface area contributed by atoms with Crippen molar-refractivity contribution in [2.45, 2.75) is 61.3 Å². The monoisotopic (exact) mass is 341 g/mol. The lowest BCUT2D eigenvalue weighted by atomic mass is 9.97. The molecule has 11 nitrogen and oxygen atoms in total. The predicted octanol–water partition coefficient (Wildman–Crippen LogP) is -5.43. The van der Waals surface area contributed by atoms with Crippen LogP contribution in [0.15, 0.2) is 0 Å². The maximum Gasteiger partial charge on any atom is 0.189 e. The number of rotatable bonds is 4. The number of ether oxygens (including phenoxy) is 3. The first-order valence-electron chi connectivity index (χ1n) is 7.15. The summed E-state index contributed by atoms with van der Waals surface area (Å²) in [6.45, 7) is -1.23. The van der Waals surface area contributed by atoms with E-state index in [2.05, 4.69) is 0 Å². The van der Waals surface area contributed by atoms with Gasteiger partial charge in [-0.25, -0.2) is 0 Å². The smallest absolute Gasteiger partial charge is 0.189 e. The Morgan fingerprint density at radius 2 is 1.17 bits per heavy atom. The standard InChI is InChI=1S/C12H23NO10/c13-5-6(16)3(1-14)21-11(8(5)18)23-12-10(20)9(19)7(17)4(2-15)22-12/h3-12,14-20H,1-2,13H2/t3-,4-,5+,6-,7-,8-,9+,10-,11+,12-/m1/s1. The SMILES string of the molecule is N[C@@H]1[C@@H](O)[C@H](O[C@H]2O[C@H](CO)[C@@H](O)[C@H](O)[C@H]2O)O[C@H](CO)[C@H]1O. The van der Waals surface area contributed by atoms with E-state index in [0.717, 1.165) is 0 Å². The van der Waals surface area contributed by atoms with E-state index in [4.69, 9.17) is 30.2 Å². The zero-order valence-electron chi connectivity index (χ0n) is 12.1. The molecule has 0 amide bonds. The maximum atomic E-state index is 9.96. The van der Waals surface area contributed by atoms with E-state index in [0.29, 0.717) is 0 Å². The van der Waals surface area contributed by atoms with Gasteiger partial charge in [0.1, 0.15) is 42.7 Å². The second-order valence-corrected chi connectivity index (χ2v) is 5.62. The van der Waals surface area contributed by atoms with Crippen LogP contribution in [0.2, 0.25) is 0 Å². The average Bonchev–Trinajstić information content (AvgIpc) is 2.55. The molecule has 0 bridgehead atoms. The van der Waals surface area contributed by atoms with Crippen LogP contribution in [-0.4, -0.2) is 110 Å². The first-order chi connectivity index (χ1) is 10.8. The molecule has 2 aliphatic rings. The van der Waals surface area contributed by atoms with Crippen LogP contribution in [0.4, 0.5) is 0 Å². The van der Waals surface area contributed by atoms with Gasteiger partial charge in [0.25, 0.3) is 0 Å². The second-order valence-electron chi connectivity index (χ2n) is 5.62. The Morgan fingerprint density at radius 1 is 0.696 bits per heavy atom. The molecule has 0 aromatic carbocycles. The van der Waals surface area contributed by atoms with Crippen LogP contribution in [0.1, 0.15) is 0 Å². The van der Waals surface area contributed by atoms with E-state index in [9.17, 15) is 25.5 Å². The van der Waals surface area contributed by atoms with E-state index >= 15 is 0 Å².